The second-order valence-corrected chi connectivity index (χ2v) is 6.84. The first kappa shape index (κ1) is 20.7. The van der Waals surface area contributed by atoms with Crippen molar-refractivity contribution >= 4 is 35.3 Å². The lowest BCUT2D eigenvalue weighted by molar-refractivity contribution is 0.0952. The highest BCUT2D eigenvalue weighted by Crippen LogP contribution is 2.22. The molecule has 0 aromatic heterocycles. The van der Waals surface area contributed by atoms with Crippen LogP contribution in [0.3, 0.4) is 0 Å². The molecule has 0 fully saturated rings. The second-order valence-electron chi connectivity index (χ2n) is 5.99. The van der Waals surface area contributed by atoms with Crippen LogP contribution in [0.25, 0.3) is 0 Å². The maximum Gasteiger partial charge on any atom is 0.275 e. The lowest BCUT2D eigenvalue weighted by Crippen LogP contribution is -2.18. The molecule has 0 radical (unpaired) electrons. The minimum atomic E-state index is -0.416. The zero-order valence-corrected chi connectivity index (χ0v) is 17.1. The van der Waals surface area contributed by atoms with Crippen LogP contribution in [0, 0.1) is 0 Å². The first-order valence-electron chi connectivity index (χ1n) is 8.70. The topological polar surface area (TPSA) is 59.9 Å². The van der Waals surface area contributed by atoms with E-state index < -0.39 is 5.91 Å². The molecule has 3 aromatic carbocycles. The quantitative estimate of drug-likeness (QED) is 0.407. The van der Waals surface area contributed by atoms with Crippen LogP contribution in [0.5, 0.6) is 11.5 Å². The van der Waals surface area contributed by atoms with Gasteiger partial charge in [0.2, 0.25) is 0 Å². The van der Waals surface area contributed by atoms with E-state index in [1.54, 1.807) is 12.1 Å². The molecule has 0 saturated carbocycles. The Bertz CT molecular complexity index is 1020. The number of nitrogens with one attached hydrogen (secondary N) is 1. The van der Waals surface area contributed by atoms with Crippen molar-refractivity contribution in [3.8, 4) is 11.5 Å². The molecule has 0 aliphatic heterocycles. The molecule has 7 heteroatoms. The molecule has 3 rings (SSSR count). The third kappa shape index (κ3) is 5.73. The molecule has 5 nitrogen and oxygen atoms in total. The lowest BCUT2D eigenvalue weighted by atomic mass is 10.2. The monoisotopic (exact) mass is 428 g/mol. The summed E-state index contributed by atoms with van der Waals surface area (Å²) in [4.78, 5) is 12.3. The van der Waals surface area contributed by atoms with E-state index in [4.69, 9.17) is 32.7 Å². The summed E-state index contributed by atoms with van der Waals surface area (Å²) in [5.41, 5.74) is 4.48. The van der Waals surface area contributed by atoms with Crippen LogP contribution >= 0.6 is 23.2 Å². The Morgan fingerprint density at radius 2 is 1.83 bits per heavy atom. The fourth-order valence-electron chi connectivity index (χ4n) is 2.51. The van der Waals surface area contributed by atoms with Crippen LogP contribution in [0.2, 0.25) is 10.0 Å². The molecule has 0 aliphatic carbocycles. The summed E-state index contributed by atoms with van der Waals surface area (Å²) in [6.45, 7) is 0.380. The van der Waals surface area contributed by atoms with Gasteiger partial charge in [0.25, 0.3) is 5.91 Å². The van der Waals surface area contributed by atoms with Gasteiger partial charge in [-0.2, -0.15) is 5.10 Å². The number of benzene rings is 3. The van der Waals surface area contributed by atoms with Crippen LogP contribution in [-0.4, -0.2) is 19.2 Å². The number of hydrogen-bond donors (Lipinski definition) is 1. The molecule has 0 bridgehead atoms. The van der Waals surface area contributed by atoms with E-state index in [-0.39, 0.29) is 0 Å². The van der Waals surface area contributed by atoms with E-state index in [9.17, 15) is 4.79 Å². The molecule has 1 amide bonds. The summed E-state index contributed by atoms with van der Waals surface area (Å²) >= 11 is 12.1. The number of amides is 1. The van der Waals surface area contributed by atoms with E-state index >= 15 is 0 Å². The third-order valence-corrected chi connectivity index (χ3v) is 4.62. The average molecular weight is 429 g/mol. The zero-order valence-electron chi connectivity index (χ0n) is 15.6. The molecule has 0 atom stereocenters. The molecule has 0 heterocycles. The molecule has 0 spiro atoms. The van der Waals surface area contributed by atoms with Gasteiger partial charge in [0.1, 0.15) is 18.1 Å². The predicted molar refractivity (Wildman–Crippen MR) is 115 cm³/mol. The molecular formula is C22H18Cl2N2O3. The first-order valence-corrected chi connectivity index (χ1v) is 9.45. The highest BCUT2D eigenvalue weighted by Gasteiger charge is 2.12. The average Bonchev–Trinajstić information content (AvgIpc) is 2.74. The highest BCUT2D eigenvalue weighted by atomic mass is 35.5. The number of halogens is 2. The van der Waals surface area contributed by atoms with Gasteiger partial charge in [0.05, 0.1) is 18.9 Å². The van der Waals surface area contributed by atoms with Gasteiger partial charge in [-0.15, -0.1) is 0 Å². The number of methoxy groups -OCH3 is 1. The van der Waals surface area contributed by atoms with Crippen molar-refractivity contribution in [1.29, 1.82) is 0 Å². The van der Waals surface area contributed by atoms with Gasteiger partial charge in [-0.3, -0.25) is 4.79 Å². The van der Waals surface area contributed by atoms with E-state index in [2.05, 4.69) is 10.5 Å². The van der Waals surface area contributed by atoms with Crippen molar-refractivity contribution in [3.63, 3.8) is 0 Å². The number of rotatable bonds is 7. The molecule has 148 valence electrons. The molecule has 1 N–H and O–H groups in total. The predicted octanol–water partition coefficient (Wildman–Crippen LogP) is 5.34. The Morgan fingerprint density at radius 1 is 1.07 bits per heavy atom. The van der Waals surface area contributed by atoms with Gasteiger partial charge in [-0.1, -0.05) is 41.4 Å². The van der Waals surface area contributed by atoms with Crippen LogP contribution in [0.15, 0.2) is 71.8 Å². The Labute approximate surface area is 178 Å². The van der Waals surface area contributed by atoms with Gasteiger partial charge in [-0.05, 0) is 54.1 Å². The van der Waals surface area contributed by atoms with Crippen LogP contribution in [-0.2, 0) is 6.61 Å². The Kier molecular flexibility index (Phi) is 7.11. The van der Waals surface area contributed by atoms with E-state index in [1.807, 2.05) is 48.5 Å². The first-order chi connectivity index (χ1) is 14.1. The molecule has 0 saturated heterocycles. The summed E-state index contributed by atoms with van der Waals surface area (Å²) in [7, 11) is 1.48. The van der Waals surface area contributed by atoms with Crippen molar-refractivity contribution < 1.29 is 14.3 Å². The van der Waals surface area contributed by atoms with Crippen LogP contribution in [0.4, 0.5) is 0 Å². The third-order valence-electron chi connectivity index (χ3n) is 4.02. The van der Waals surface area contributed by atoms with Gasteiger partial charge in [0.15, 0.2) is 0 Å². The Balaban J connectivity index is 1.57. The van der Waals surface area contributed by atoms with E-state index in [0.717, 1.165) is 11.1 Å². The molecule has 0 unspecified atom stereocenters. The van der Waals surface area contributed by atoms with Gasteiger partial charge in [0, 0.05) is 15.6 Å². The Hall–Kier alpha value is -3.02. The molecular weight excluding hydrogens is 411 g/mol. The van der Waals surface area contributed by atoms with Crippen molar-refractivity contribution in [2.45, 2.75) is 6.61 Å². The molecule has 29 heavy (non-hydrogen) atoms. The number of hydrazone groups is 1. The molecule has 0 aliphatic rings. The Morgan fingerprint density at radius 3 is 2.55 bits per heavy atom. The summed E-state index contributed by atoms with van der Waals surface area (Å²) in [6, 6.07) is 19.6. The van der Waals surface area contributed by atoms with Crippen molar-refractivity contribution in [2.75, 3.05) is 7.11 Å². The van der Waals surface area contributed by atoms with Crippen molar-refractivity contribution in [1.82, 2.24) is 5.43 Å². The SMILES string of the molecule is COc1ccc(Cl)cc1C(=O)N/N=C/c1ccc(OCc2ccccc2Cl)cc1. The summed E-state index contributed by atoms with van der Waals surface area (Å²) in [5.74, 6) is 0.706. The van der Waals surface area contributed by atoms with Crippen molar-refractivity contribution in [2.24, 2.45) is 5.10 Å². The van der Waals surface area contributed by atoms with E-state index in [0.29, 0.717) is 33.7 Å². The minimum Gasteiger partial charge on any atom is -0.496 e. The smallest absolute Gasteiger partial charge is 0.275 e. The number of carbonyl (C=O) groups is 1. The number of hydrogen-bond acceptors (Lipinski definition) is 4. The largest absolute Gasteiger partial charge is 0.496 e. The normalized spacial score (nSPS) is 10.7. The van der Waals surface area contributed by atoms with Gasteiger partial charge >= 0.3 is 0 Å². The fourth-order valence-corrected chi connectivity index (χ4v) is 2.87. The lowest BCUT2D eigenvalue weighted by Gasteiger charge is -2.08. The standard InChI is InChI=1S/C22H18Cl2N2O3/c1-28-21-11-8-17(23)12-19(21)22(27)26-25-13-15-6-9-18(10-7-15)29-14-16-4-2-3-5-20(16)24/h2-13H,14H2,1H3,(H,26,27)/b25-13+. The fraction of sp³-hybridized carbons (Fsp3) is 0.0909. The number of ether oxygens (including phenoxy) is 2. The summed E-state index contributed by atoms with van der Waals surface area (Å²) < 4.78 is 10.9. The zero-order chi connectivity index (χ0) is 20.6. The minimum absolute atomic E-state index is 0.306. The number of nitrogens with zero attached hydrogens (tertiary/aromatic N) is 1. The van der Waals surface area contributed by atoms with Crippen LogP contribution < -0.4 is 14.9 Å². The summed E-state index contributed by atoms with van der Waals surface area (Å²) in [6.07, 6.45) is 1.53. The van der Waals surface area contributed by atoms with Gasteiger partial charge in [-0.25, -0.2) is 5.43 Å². The van der Waals surface area contributed by atoms with Crippen LogP contribution in [0.1, 0.15) is 21.5 Å². The van der Waals surface area contributed by atoms with Gasteiger partial charge < -0.3 is 9.47 Å². The second kappa shape index (κ2) is 9.96. The summed E-state index contributed by atoms with van der Waals surface area (Å²) in [5, 5.41) is 5.08. The highest BCUT2D eigenvalue weighted by molar-refractivity contribution is 6.31. The molecule has 3 aromatic rings. The van der Waals surface area contributed by atoms with E-state index in [1.165, 1.54) is 19.4 Å². The maximum atomic E-state index is 12.3. The number of carbonyl (C=O) groups excluding carboxylic acids is 1. The van der Waals surface area contributed by atoms with Crippen molar-refractivity contribution in [3.05, 3.63) is 93.5 Å². The maximum absolute atomic E-state index is 12.3.